The van der Waals surface area contributed by atoms with Gasteiger partial charge in [-0.2, -0.15) is 0 Å². The molecule has 1 fully saturated rings. The van der Waals surface area contributed by atoms with Gasteiger partial charge < -0.3 is 14.8 Å². The molecule has 2 heterocycles. The van der Waals surface area contributed by atoms with E-state index in [1.165, 1.54) is 5.69 Å². The molecule has 34 heavy (non-hydrogen) atoms. The fourth-order valence-corrected chi connectivity index (χ4v) is 4.61. The molecule has 0 saturated carbocycles. The molecule has 7 heteroatoms. The second-order valence-corrected chi connectivity index (χ2v) is 9.10. The minimum atomic E-state index is -0.165. The summed E-state index contributed by atoms with van der Waals surface area (Å²) in [6, 6.07) is 23.4. The number of hydrogen-bond acceptors (Lipinski definition) is 4. The number of imidazole rings is 1. The molecule has 1 amide bonds. The predicted octanol–water partition coefficient (Wildman–Crippen LogP) is 4.84. The van der Waals surface area contributed by atoms with E-state index in [0.717, 1.165) is 61.7 Å². The molecule has 0 atom stereocenters. The summed E-state index contributed by atoms with van der Waals surface area (Å²) in [7, 11) is 2.06. The number of carbonyl (C=O) groups excluding carboxylic acids is 1. The number of para-hydroxylation sites is 1. The van der Waals surface area contributed by atoms with E-state index in [1.54, 1.807) is 24.3 Å². The minimum Gasteiger partial charge on any atom is -0.369 e. The van der Waals surface area contributed by atoms with Gasteiger partial charge in [0, 0.05) is 68.2 Å². The topological polar surface area (TPSA) is 53.4 Å². The fraction of sp³-hybridized carbons (Fsp3) is 0.259. The Morgan fingerprint density at radius 2 is 1.71 bits per heavy atom. The van der Waals surface area contributed by atoms with E-state index in [-0.39, 0.29) is 5.91 Å². The quantitative estimate of drug-likeness (QED) is 0.435. The lowest BCUT2D eigenvalue weighted by atomic mass is 10.2. The molecule has 174 valence electrons. The van der Waals surface area contributed by atoms with Crippen LogP contribution in [0.15, 0.2) is 72.8 Å². The Balaban J connectivity index is 1.20. The Morgan fingerprint density at radius 1 is 0.971 bits per heavy atom. The highest BCUT2D eigenvalue weighted by Crippen LogP contribution is 2.22. The highest BCUT2D eigenvalue weighted by atomic mass is 35.5. The van der Waals surface area contributed by atoms with Crippen molar-refractivity contribution in [2.24, 2.45) is 7.05 Å². The van der Waals surface area contributed by atoms with E-state index in [1.807, 2.05) is 18.2 Å². The SMILES string of the molecule is Cn1c(CCN2CCN(c3ccccc3)CC2)nc2cc(NC(=O)c3ccc(Cl)cc3)ccc21. The molecule has 0 unspecified atom stereocenters. The lowest BCUT2D eigenvalue weighted by Gasteiger charge is -2.36. The predicted molar refractivity (Wildman–Crippen MR) is 139 cm³/mol. The third-order valence-electron chi connectivity index (χ3n) is 6.48. The van der Waals surface area contributed by atoms with Gasteiger partial charge in [-0.15, -0.1) is 0 Å². The lowest BCUT2D eigenvalue weighted by Crippen LogP contribution is -2.47. The van der Waals surface area contributed by atoms with Crippen LogP contribution >= 0.6 is 11.6 Å². The summed E-state index contributed by atoms with van der Waals surface area (Å²) >= 11 is 5.92. The summed E-state index contributed by atoms with van der Waals surface area (Å²) in [5.41, 5.74) is 4.55. The maximum absolute atomic E-state index is 12.5. The monoisotopic (exact) mass is 473 g/mol. The third-order valence-corrected chi connectivity index (χ3v) is 6.73. The lowest BCUT2D eigenvalue weighted by molar-refractivity contribution is 0.102. The zero-order valence-corrected chi connectivity index (χ0v) is 20.0. The Morgan fingerprint density at radius 3 is 2.44 bits per heavy atom. The van der Waals surface area contributed by atoms with E-state index in [0.29, 0.717) is 10.6 Å². The van der Waals surface area contributed by atoms with Gasteiger partial charge in [0.25, 0.3) is 5.91 Å². The number of nitrogens with one attached hydrogen (secondary N) is 1. The van der Waals surface area contributed by atoms with Crippen molar-refractivity contribution in [3.8, 4) is 0 Å². The van der Waals surface area contributed by atoms with Gasteiger partial charge in [-0.25, -0.2) is 4.98 Å². The average Bonchev–Trinajstić information content (AvgIpc) is 3.18. The van der Waals surface area contributed by atoms with Gasteiger partial charge in [-0.05, 0) is 54.6 Å². The van der Waals surface area contributed by atoms with Crippen molar-refractivity contribution in [2.75, 3.05) is 42.9 Å². The molecule has 1 aromatic heterocycles. The Hall–Kier alpha value is -3.35. The summed E-state index contributed by atoms with van der Waals surface area (Å²) in [5.74, 6) is 0.892. The van der Waals surface area contributed by atoms with Gasteiger partial charge in [-0.3, -0.25) is 9.69 Å². The van der Waals surface area contributed by atoms with Gasteiger partial charge in [0.15, 0.2) is 0 Å². The molecule has 1 N–H and O–H groups in total. The van der Waals surface area contributed by atoms with E-state index in [2.05, 4.69) is 57.1 Å². The van der Waals surface area contributed by atoms with Crippen LogP contribution in [-0.2, 0) is 13.5 Å². The molecule has 1 aliphatic heterocycles. The van der Waals surface area contributed by atoms with Crippen LogP contribution in [0.25, 0.3) is 11.0 Å². The molecule has 3 aromatic carbocycles. The second kappa shape index (κ2) is 9.87. The summed E-state index contributed by atoms with van der Waals surface area (Å²) in [6.07, 6.45) is 0.892. The van der Waals surface area contributed by atoms with Gasteiger partial charge in [0.1, 0.15) is 5.82 Å². The van der Waals surface area contributed by atoms with Crippen LogP contribution in [0.2, 0.25) is 5.02 Å². The summed E-state index contributed by atoms with van der Waals surface area (Å²) in [4.78, 5) is 22.4. The van der Waals surface area contributed by atoms with Crippen molar-refractivity contribution < 1.29 is 4.79 Å². The normalized spacial score (nSPS) is 14.5. The minimum absolute atomic E-state index is 0.165. The molecule has 1 saturated heterocycles. The molecular weight excluding hydrogens is 446 g/mol. The number of hydrogen-bond donors (Lipinski definition) is 1. The number of rotatable bonds is 6. The van der Waals surface area contributed by atoms with Crippen LogP contribution in [0.5, 0.6) is 0 Å². The molecule has 6 nitrogen and oxygen atoms in total. The zero-order chi connectivity index (χ0) is 23.5. The number of fused-ring (bicyclic) bond motifs is 1. The molecule has 0 radical (unpaired) electrons. The van der Waals surface area contributed by atoms with Crippen molar-refractivity contribution in [1.82, 2.24) is 14.5 Å². The highest BCUT2D eigenvalue weighted by Gasteiger charge is 2.18. The first-order valence-corrected chi connectivity index (χ1v) is 12.0. The summed E-state index contributed by atoms with van der Waals surface area (Å²) in [6.45, 7) is 5.19. The largest absolute Gasteiger partial charge is 0.369 e. The van der Waals surface area contributed by atoms with E-state index >= 15 is 0 Å². The first kappa shape index (κ1) is 22.4. The van der Waals surface area contributed by atoms with Crippen molar-refractivity contribution in [2.45, 2.75) is 6.42 Å². The third kappa shape index (κ3) is 4.93. The summed E-state index contributed by atoms with van der Waals surface area (Å²) in [5, 5.41) is 3.56. The molecule has 5 rings (SSSR count). The molecule has 0 aliphatic carbocycles. The van der Waals surface area contributed by atoms with Crippen LogP contribution in [0.4, 0.5) is 11.4 Å². The molecular formula is C27H28ClN5O. The highest BCUT2D eigenvalue weighted by molar-refractivity contribution is 6.30. The smallest absolute Gasteiger partial charge is 0.255 e. The first-order chi connectivity index (χ1) is 16.6. The zero-order valence-electron chi connectivity index (χ0n) is 19.2. The van der Waals surface area contributed by atoms with Crippen molar-refractivity contribution >= 4 is 39.9 Å². The number of amides is 1. The van der Waals surface area contributed by atoms with Crippen LogP contribution in [0.3, 0.4) is 0 Å². The number of aromatic nitrogens is 2. The van der Waals surface area contributed by atoms with Crippen LogP contribution in [0.1, 0.15) is 16.2 Å². The molecule has 0 spiro atoms. The van der Waals surface area contributed by atoms with E-state index < -0.39 is 0 Å². The van der Waals surface area contributed by atoms with E-state index in [4.69, 9.17) is 16.6 Å². The number of halogens is 1. The van der Waals surface area contributed by atoms with Crippen LogP contribution < -0.4 is 10.2 Å². The number of aryl methyl sites for hydroxylation is 1. The molecule has 0 bridgehead atoms. The standard InChI is InChI=1S/C27H28ClN5O/c1-31-25-12-11-22(29-27(34)20-7-9-21(28)10-8-20)19-24(25)30-26(31)13-14-32-15-17-33(18-16-32)23-5-3-2-4-6-23/h2-12,19H,13-18H2,1H3,(H,29,34). The number of anilines is 2. The Bertz CT molecular complexity index is 1280. The van der Waals surface area contributed by atoms with Gasteiger partial charge in [0.05, 0.1) is 11.0 Å². The first-order valence-electron chi connectivity index (χ1n) is 11.6. The average molecular weight is 474 g/mol. The molecule has 1 aliphatic rings. The van der Waals surface area contributed by atoms with Crippen LogP contribution in [-0.4, -0.2) is 53.1 Å². The fourth-order valence-electron chi connectivity index (χ4n) is 4.48. The number of benzene rings is 3. The van der Waals surface area contributed by atoms with Crippen molar-refractivity contribution in [1.29, 1.82) is 0 Å². The van der Waals surface area contributed by atoms with Crippen molar-refractivity contribution in [3.05, 3.63) is 89.2 Å². The Labute approximate surface area is 204 Å². The van der Waals surface area contributed by atoms with E-state index in [9.17, 15) is 4.79 Å². The maximum Gasteiger partial charge on any atom is 0.255 e. The second-order valence-electron chi connectivity index (χ2n) is 8.67. The van der Waals surface area contributed by atoms with Crippen LogP contribution in [0, 0.1) is 0 Å². The number of nitrogens with zero attached hydrogens (tertiary/aromatic N) is 4. The summed E-state index contributed by atoms with van der Waals surface area (Å²) < 4.78 is 2.15. The van der Waals surface area contributed by atoms with Gasteiger partial charge >= 0.3 is 0 Å². The number of carbonyl (C=O) groups is 1. The molecule has 4 aromatic rings. The van der Waals surface area contributed by atoms with Gasteiger partial charge in [0.2, 0.25) is 0 Å². The van der Waals surface area contributed by atoms with Gasteiger partial charge in [-0.1, -0.05) is 29.8 Å². The number of piperazine rings is 1. The maximum atomic E-state index is 12.5. The van der Waals surface area contributed by atoms with Crippen molar-refractivity contribution in [3.63, 3.8) is 0 Å². The Kier molecular flexibility index (Phi) is 6.52.